The minimum atomic E-state index is -0.627. The number of morpholine rings is 1. The first-order valence-corrected chi connectivity index (χ1v) is 7.70. The molecule has 1 saturated heterocycles. The van der Waals surface area contributed by atoms with Crippen molar-refractivity contribution in [2.75, 3.05) is 19.7 Å². The fraction of sp³-hybridized carbons (Fsp3) is 0.438. The van der Waals surface area contributed by atoms with E-state index in [1.807, 2.05) is 37.3 Å². The predicted octanol–water partition coefficient (Wildman–Crippen LogP) is 1.14. The average Bonchev–Trinajstić information content (AvgIpc) is 2.96. The quantitative estimate of drug-likeness (QED) is 0.845. The second kappa shape index (κ2) is 6.78. The molecule has 23 heavy (non-hydrogen) atoms. The highest BCUT2D eigenvalue weighted by atomic mass is 16.5. The number of hydrogen-bond donors (Lipinski definition) is 0. The van der Waals surface area contributed by atoms with Gasteiger partial charge in [-0.15, -0.1) is 0 Å². The summed E-state index contributed by atoms with van der Waals surface area (Å²) < 4.78 is 11.6. The van der Waals surface area contributed by atoms with Crippen LogP contribution in [-0.4, -0.2) is 46.3 Å². The molecule has 0 radical (unpaired) electrons. The van der Waals surface area contributed by atoms with E-state index in [1.165, 1.54) is 4.57 Å². The maximum atomic E-state index is 12.5. The van der Waals surface area contributed by atoms with E-state index in [-0.39, 0.29) is 18.6 Å². The van der Waals surface area contributed by atoms with Gasteiger partial charge in [-0.3, -0.25) is 9.32 Å². The first-order chi connectivity index (χ1) is 11.2. The van der Waals surface area contributed by atoms with Crippen molar-refractivity contribution in [3.8, 4) is 11.4 Å². The number of carbonyl (C=O) groups is 1. The maximum absolute atomic E-state index is 12.5. The molecule has 7 heteroatoms. The molecule has 1 aliphatic rings. The van der Waals surface area contributed by atoms with Crippen molar-refractivity contribution < 1.29 is 14.1 Å². The van der Waals surface area contributed by atoms with Gasteiger partial charge in [-0.25, -0.2) is 9.36 Å². The molecular formula is C16H19N3O4. The Hall–Kier alpha value is -2.41. The third-order valence-electron chi connectivity index (χ3n) is 3.96. The van der Waals surface area contributed by atoms with Gasteiger partial charge in [-0.05, 0) is 6.42 Å². The van der Waals surface area contributed by atoms with Gasteiger partial charge < -0.3 is 9.64 Å². The van der Waals surface area contributed by atoms with Crippen LogP contribution >= 0.6 is 0 Å². The molecule has 1 atom stereocenters. The van der Waals surface area contributed by atoms with Crippen LogP contribution in [0.3, 0.4) is 0 Å². The zero-order valence-corrected chi connectivity index (χ0v) is 13.0. The lowest BCUT2D eigenvalue weighted by molar-refractivity contribution is -0.139. The highest BCUT2D eigenvalue weighted by Crippen LogP contribution is 2.15. The summed E-state index contributed by atoms with van der Waals surface area (Å²) in [6.07, 6.45) is 0.909. The van der Waals surface area contributed by atoms with Crippen LogP contribution < -0.4 is 5.76 Å². The first kappa shape index (κ1) is 15.5. The normalized spacial score (nSPS) is 18.1. The molecule has 122 valence electrons. The van der Waals surface area contributed by atoms with Crippen molar-refractivity contribution in [3.05, 3.63) is 40.9 Å². The highest BCUT2D eigenvalue weighted by Gasteiger charge is 2.25. The van der Waals surface area contributed by atoms with Crippen molar-refractivity contribution in [1.29, 1.82) is 0 Å². The Kier molecular flexibility index (Phi) is 4.57. The molecule has 1 fully saturated rings. The summed E-state index contributed by atoms with van der Waals surface area (Å²) in [6, 6.07) is 9.19. The van der Waals surface area contributed by atoms with E-state index in [9.17, 15) is 9.59 Å². The lowest BCUT2D eigenvalue weighted by Gasteiger charge is -2.32. The summed E-state index contributed by atoms with van der Waals surface area (Å²) in [5.41, 5.74) is 0.736. The van der Waals surface area contributed by atoms with Crippen LogP contribution in [0.5, 0.6) is 0 Å². The molecule has 0 saturated carbocycles. The SMILES string of the molecule is CCC1CN(C(=O)Cn2c(-c3ccccc3)noc2=O)CCO1. The van der Waals surface area contributed by atoms with Gasteiger partial charge >= 0.3 is 5.76 Å². The first-order valence-electron chi connectivity index (χ1n) is 7.70. The Bertz CT molecular complexity index is 722. The molecule has 1 amide bonds. The van der Waals surface area contributed by atoms with Crippen molar-refractivity contribution >= 4 is 5.91 Å². The summed E-state index contributed by atoms with van der Waals surface area (Å²) in [6.45, 7) is 3.56. The number of benzene rings is 1. The van der Waals surface area contributed by atoms with Crippen molar-refractivity contribution in [1.82, 2.24) is 14.6 Å². The minimum absolute atomic E-state index is 0.0560. The number of nitrogens with zero attached hydrogens (tertiary/aromatic N) is 3. The molecule has 1 aliphatic heterocycles. The lowest BCUT2D eigenvalue weighted by Crippen LogP contribution is -2.47. The van der Waals surface area contributed by atoms with E-state index in [4.69, 9.17) is 9.26 Å². The zero-order chi connectivity index (χ0) is 16.2. The number of amides is 1. The van der Waals surface area contributed by atoms with Crippen LogP contribution in [0.2, 0.25) is 0 Å². The molecule has 0 N–H and O–H groups in total. The molecule has 1 unspecified atom stereocenters. The van der Waals surface area contributed by atoms with Crippen molar-refractivity contribution in [2.45, 2.75) is 26.0 Å². The smallest absolute Gasteiger partial charge is 0.375 e. The molecule has 1 aromatic carbocycles. The minimum Gasteiger partial charge on any atom is -0.375 e. The maximum Gasteiger partial charge on any atom is 0.442 e. The number of rotatable bonds is 4. The topological polar surface area (TPSA) is 77.6 Å². The highest BCUT2D eigenvalue weighted by molar-refractivity contribution is 5.76. The van der Waals surface area contributed by atoms with Gasteiger partial charge in [0, 0.05) is 18.7 Å². The van der Waals surface area contributed by atoms with E-state index in [1.54, 1.807) is 4.90 Å². The van der Waals surface area contributed by atoms with Gasteiger partial charge in [0.2, 0.25) is 5.91 Å². The van der Waals surface area contributed by atoms with E-state index >= 15 is 0 Å². The molecule has 2 aromatic rings. The summed E-state index contributed by atoms with van der Waals surface area (Å²) in [7, 11) is 0. The number of hydrogen-bond acceptors (Lipinski definition) is 5. The van der Waals surface area contributed by atoms with Crippen LogP contribution in [0, 0.1) is 0 Å². The zero-order valence-electron chi connectivity index (χ0n) is 13.0. The third kappa shape index (κ3) is 3.34. The van der Waals surface area contributed by atoms with Gasteiger partial charge in [-0.1, -0.05) is 42.4 Å². The van der Waals surface area contributed by atoms with Crippen LogP contribution in [0.1, 0.15) is 13.3 Å². The van der Waals surface area contributed by atoms with Crippen LogP contribution in [0.25, 0.3) is 11.4 Å². The summed E-state index contributed by atoms with van der Waals surface area (Å²) in [4.78, 5) is 26.1. The van der Waals surface area contributed by atoms with E-state index in [0.717, 1.165) is 12.0 Å². The monoisotopic (exact) mass is 317 g/mol. The van der Waals surface area contributed by atoms with E-state index in [2.05, 4.69) is 5.16 Å². The Labute approximate surface area is 133 Å². The fourth-order valence-electron chi connectivity index (χ4n) is 2.63. The van der Waals surface area contributed by atoms with Crippen molar-refractivity contribution in [3.63, 3.8) is 0 Å². The largest absolute Gasteiger partial charge is 0.442 e. The van der Waals surface area contributed by atoms with Gasteiger partial charge in [0.05, 0.1) is 12.7 Å². The van der Waals surface area contributed by atoms with E-state index < -0.39 is 5.76 Å². The average molecular weight is 317 g/mol. The summed E-state index contributed by atoms with van der Waals surface area (Å²) in [5.74, 6) is -0.393. The van der Waals surface area contributed by atoms with Crippen LogP contribution in [0.15, 0.2) is 39.6 Å². The van der Waals surface area contributed by atoms with Gasteiger partial charge in [0.1, 0.15) is 6.54 Å². The molecule has 0 bridgehead atoms. The van der Waals surface area contributed by atoms with Crippen LogP contribution in [-0.2, 0) is 16.1 Å². The number of carbonyl (C=O) groups excluding carboxylic acids is 1. The second-order valence-corrected chi connectivity index (χ2v) is 5.47. The second-order valence-electron chi connectivity index (χ2n) is 5.47. The molecule has 1 aromatic heterocycles. The molecule has 3 rings (SSSR count). The Morgan fingerprint density at radius 2 is 2.13 bits per heavy atom. The third-order valence-corrected chi connectivity index (χ3v) is 3.96. The number of ether oxygens (including phenoxy) is 1. The molecule has 0 spiro atoms. The van der Waals surface area contributed by atoms with Gasteiger partial charge in [0.15, 0.2) is 5.82 Å². The Morgan fingerprint density at radius 1 is 1.35 bits per heavy atom. The standard InChI is InChI=1S/C16H19N3O4/c1-2-13-10-18(8-9-22-13)14(20)11-19-15(17-23-16(19)21)12-6-4-3-5-7-12/h3-7,13H,2,8-11H2,1H3. The van der Waals surface area contributed by atoms with Gasteiger partial charge in [-0.2, -0.15) is 0 Å². The molecular weight excluding hydrogens is 298 g/mol. The summed E-state index contributed by atoms with van der Waals surface area (Å²) in [5, 5.41) is 3.80. The molecule has 0 aliphatic carbocycles. The van der Waals surface area contributed by atoms with Crippen molar-refractivity contribution in [2.24, 2.45) is 0 Å². The van der Waals surface area contributed by atoms with Crippen LogP contribution in [0.4, 0.5) is 0 Å². The summed E-state index contributed by atoms with van der Waals surface area (Å²) >= 11 is 0. The Balaban J connectivity index is 1.79. The Morgan fingerprint density at radius 3 is 2.87 bits per heavy atom. The number of aromatic nitrogens is 2. The lowest BCUT2D eigenvalue weighted by atomic mass is 10.2. The van der Waals surface area contributed by atoms with E-state index in [0.29, 0.717) is 25.5 Å². The molecule has 2 heterocycles. The van der Waals surface area contributed by atoms with Gasteiger partial charge in [0.25, 0.3) is 0 Å². The fourth-order valence-corrected chi connectivity index (χ4v) is 2.63. The predicted molar refractivity (Wildman–Crippen MR) is 82.8 cm³/mol. The molecule has 7 nitrogen and oxygen atoms in total.